The highest BCUT2D eigenvalue weighted by Crippen LogP contribution is 2.24. The zero-order valence-electron chi connectivity index (χ0n) is 15.2. The Morgan fingerprint density at radius 3 is 2.44 bits per heavy atom. The van der Waals surface area contributed by atoms with Gasteiger partial charge in [-0.2, -0.15) is 0 Å². The highest BCUT2D eigenvalue weighted by Gasteiger charge is 2.41. The van der Waals surface area contributed by atoms with Crippen LogP contribution in [0.3, 0.4) is 0 Å². The van der Waals surface area contributed by atoms with Gasteiger partial charge in [-0.05, 0) is 32.6 Å². The van der Waals surface area contributed by atoms with Crippen molar-refractivity contribution >= 4 is 49.6 Å². The van der Waals surface area contributed by atoms with Crippen LogP contribution in [0.15, 0.2) is 4.99 Å². The van der Waals surface area contributed by atoms with Crippen molar-refractivity contribution in [3.05, 3.63) is 0 Å². The second kappa shape index (κ2) is 8.73. The number of guanidine groups is 1. The SMILES string of the molecule is CCCNC(=NCC1CCS(=O)(=O)C1)N1CCS(=O)(=O)C(C)(C)C1.I. The summed E-state index contributed by atoms with van der Waals surface area (Å²) in [5, 5.41) is 3.28. The van der Waals surface area contributed by atoms with Gasteiger partial charge >= 0.3 is 0 Å². The predicted octanol–water partition coefficient (Wildman–Crippen LogP) is 0.904. The van der Waals surface area contributed by atoms with Gasteiger partial charge in [-0.25, -0.2) is 16.8 Å². The smallest absolute Gasteiger partial charge is 0.194 e. The first kappa shape index (κ1) is 22.9. The average molecular weight is 507 g/mol. The highest BCUT2D eigenvalue weighted by molar-refractivity contribution is 14.0. The number of nitrogens with one attached hydrogen (secondary N) is 1. The third-order valence-electron chi connectivity index (χ3n) is 4.70. The first-order valence-corrected chi connectivity index (χ1v) is 12.0. The predicted molar refractivity (Wildman–Crippen MR) is 112 cm³/mol. The molecule has 0 saturated carbocycles. The van der Waals surface area contributed by atoms with E-state index in [0.29, 0.717) is 32.0 Å². The number of sulfone groups is 2. The molecule has 10 heteroatoms. The van der Waals surface area contributed by atoms with E-state index in [9.17, 15) is 16.8 Å². The number of aliphatic imine (C=N–C) groups is 1. The molecule has 1 unspecified atom stereocenters. The van der Waals surface area contributed by atoms with Gasteiger partial charge in [0.25, 0.3) is 0 Å². The van der Waals surface area contributed by atoms with Gasteiger partial charge < -0.3 is 10.2 Å². The fraction of sp³-hybridized carbons (Fsp3) is 0.933. The Balaban J connectivity index is 0.00000312. The zero-order chi connectivity index (χ0) is 18.0. The van der Waals surface area contributed by atoms with Gasteiger partial charge in [0.15, 0.2) is 25.6 Å². The second-order valence-electron chi connectivity index (χ2n) is 7.36. The molecule has 7 nitrogen and oxygen atoms in total. The Bertz CT molecular complexity index is 690. The Labute approximate surface area is 168 Å². The molecule has 2 fully saturated rings. The summed E-state index contributed by atoms with van der Waals surface area (Å²) in [5.74, 6) is 1.33. The second-order valence-corrected chi connectivity index (χ2v) is 12.3. The number of halogens is 1. The number of hydrogen-bond donors (Lipinski definition) is 1. The molecule has 0 spiro atoms. The minimum Gasteiger partial charge on any atom is -0.356 e. The summed E-state index contributed by atoms with van der Waals surface area (Å²) >= 11 is 0. The minimum absolute atomic E-state index is 0. The Hall–Kier alpha value is -0.100. The highest BCUT2D eigenvalue weighted by atomic mass is 127. The number of hydrogen-bond acceptors (Lipinski definition) is 5. The molecule has 2 rings (SSSR count). The van der Waals surface area contributed by atoms with Crippen molar-refractivity contribution in [2.24, 2.45) is 10.9 Å². The fourth-order valence-corrected chi connectivity index (χ4v) is 6.28. The molecule has 0 amide bonds. The van der Waals surface area contributed by atoms with Crippen molar-refractivity contribution in [3.8, 4) is 0 Å². The fourth-order valence-electron chi connectivity index (χ4n) is 3.06. The topological polar surface area (TPSA) is 95.9 Å². The largest absolute Gasteiger partial charge is 0.356 e. The maximum atomic E-state index is 12.2. The van der Waals surface area contributed by atoms with Crippen LogP contribution < -0.4 is 5.32 Å². The van der Waals surface area contributed by atoms with E-state index in [-0.39, 0.29) is 47.2 Å². The van der Waals surface area contributed by atoms with Crippen LogP contribution in [0.4, 0.5) is 0 Å². The lowest BCUT2D eigenvalue weighted by atomic mass is 10.1. The molecule has 2 saturated heterocycles. The monoisotopic (exact) mass is 507 g/mol. The first-order valence-electron chi connectivity index (χ1n) is 8.52. The van der Waals surface area contributed by atoms with E-state index in [1.807, 2.05) is 4.90 Å². The molecule has 0 aromatic rings. The lowest BCUT2D eigenvalue weighted by Gasteiger charge is -2.39. The molecule has 1 atom stereocenters. The van der Waals surface area contributed by atoms with Crippen LogP contribution in [0.1, 0.15) is 33.6 Å². The Morgan fingerprint density at radius 2 is 1.92 bits per heavy atom. The van der Waals surface area contributed by atoms with E-state index in [1.54, 1.807) is 13.8 Å². The molecular weight excluding hydrogens is 477 g/mol. The minimum atomic E-state index is -3.10. The van der Waals surface area contributed by atoms with Gasteiger partial charge in [0.1, 0.15) is 0 Å². The molecule has 0 aromatic heterocycles. The molecule has 1 N–H and O–H groups in total. The van der Waals surface area contributed by atoms with Gasteiger partial charge in [0, 0.05) is 26.2 Å². The molecule has 2 heterocycles. The average Bonchev–Trinajstić information content (AvgIpc) is 2.82. The van der Waals surface area contributed by atoms with E-state index in [1.165, 1.54) is 0 Å². The summed E-state index contributed by atoms with van der Waals surface area (Å²) in [6, 6.07) is 0. The summed E-state index contributed by atoms with van der Waals surface area (Å²) in [6.45, 7) is 7.59. The van der Waals surface area contributed by atoms with Gasteiger partial charge in [-0.1, -0.05) is 6.92 Å². The van der Waals surface area contributed by atoms with Crippen molar-refractivity contribution in [2.75, 3.05) is 43.4 Å². The van der Waals surface area contributed by atoms with Crippen molar-refractivity contribution in [1.29, 1.82) is 0 Å². The molecule has 0 radical (unpaired) electrons. The van der Waals surface area contributed by atoms with Gasteiger partial charge in [-0.15, -0.1) is 24.0 Å². The van der Waals surface area contributed by atoms with Crippen LogP contribution >= 0.6 is 24.0 Å². The molecule has 2 aliphatic heterocycles. The summed E-state index contributed by atoms with van der Waals surface area (Å²) in [5.41, 5.74) is 0. The van der Waals surface area contributed by atoms with Crippen LogP contribution in [0, 0.1) is 5.92 Å². The van der Waals surface area contributed by atoms with Crippen LogP contribution in [0.5, 0.6) is 0 Å². The van der Waals surface area contributed by atoms with Gasteiger partial charge in [-0.3, -0.25) is 4.99 Å². The number of nitrogens with zero attached hydrogens (tertiary/aromatic N) is 2. The summed E-state index contributed by atoms with van der Waals surface area (Å²) < 4.78 is 46.7. The molecule has 0 aromatic carbocycles. The maximum absolute atomic E-state index is 12.2. The summed E-state index contributed by atoms with van der Waals surface area (Å²) in [7, 11) is -6.00. The maximum Gasteiger partial charge on any atom is 0.194 e. The van der Waals surface area contributed by atoms with Crippen molar-refractivity contribution in [3.63, 3.8) is 0 Å². The molecule has 0 bridgehead atoms. The van der Waals surface area contributed by atoms with Crippen molar-refractivity contribution in [1.82, 2.24) is 10.2 Å². The Morgan fingerprint density at radius 1 is 1.24 bits per heavy atom. The van der Waals surface area contributed by atoms with Gasteiger partial charge in [0.2, 0.25) is 0 Å². The van der Waals surface area contributed by atoms with E-state index < -0.39 is 24.4 Å². The molecular formula is C15H30IN3O4S2. The van der Waals surface area contributed by atoms with E-state index in [2.05, 4.69) is 17.2 Å². The van der Waals surface area contributed by atoms with E-state index in [4.69, 9.17) is 0 Å². The van der Waals surface area contributed by atoms with E-state index >= 15 is 0 Å². The van der Waals surface area contributed by atoms with Crippen molar-refractivity contribution < 1.29 is 16.8 Å². The van der Waals surface area contributed by atoms with Crippen LogP contribution in [0.2, 0.25) is 0 Å². The number of rotatable bonds is 4. The standard InChI is InChI=1S/C15H29N3O4S2.HI/c1-4-6-16-14(17-10-13-5-8-23(19,20)11-13)18-7-9-24(21,22)15(2,3)12-18;/h13H,4-12H2,1-3H3,(H,16,17);1H. The quantitative estimate of drug-likeness (QED) is 0.345. The lowest BCUT2D eigenvalue weighted by molar-refractivity contribution is 0.352. The van der Waals surface area contributed by atoms with Crippen LogP contribution in [0.25, 0.3) is 0 Å². The zero-order valence-corrected chi connectivity index (χ0v) is 19.2. The Kier molecular flexibility index (Phi) is 8.01. The molecule has 0 aliphatic carbocycles. The van der Waals surface area contributed by atoms with E-state index in [0.717, 1.165) is 13.0 Å². The normalized spacial score (nSPS) is 27.6. The molecule has 2 aliphatic rings. The third-order valence-corrected chi connectivity index (χ3v) is 9.07. The molecule has 148 valence electrons. The van der Waals surface area contributed by atoms with Crippen molar-refractivity contribution in [2.45, 2.75) is 38.4 Å². The summed E-state index contributed by atoms with van der Waals surface area (Å²) in [4.78, 5) is 6.60. The van der Waals surface area contributed by atoms with Crippen LogP contribution in [-0.2, 0) is 19.7 Å². The first-order chi connectivity index (χ1) is 11.1. The lowest BCUT2D eigenvalue weighted by Crippen LogP contribution is -2.57. The summed E-state index contributed by atoms with van der Waals surface area (Å²) in [6.07, 6.45) is 1.60. The van der Waals surface area contributed by atoms with Crippen LogP contribution in [-0.4, -0.2) is 75.9 Å². The van der Waals surface area contributed by atoms with Gasteiger partial charge in [0.05, 0.1) is 22.0 Å². The third kappa shape index (κ3) is 5.95. The molecule has 25 heavy (non-hydrogen) atoms.